The monoisotopic (exact) mass is 248 g/mol. The fourth-order valence-electron chi connectivity index (χ4n) is 2.42. The number of rotatable bonds is 2. The molecule has 0 aliphatic heterocycles. The van der Waals surface area contributed by atoms with Crippen LogP contribution in [0, 0.1) is 24.2 Å². The minimum Gasteiger partial charge on any atom is -0.380 e. The summed E-state index contributed by atoms with van der Waals surface area (Å²) in [6.45, 7) is 2.00. The summed E-state index contributed by atoms with van der Waals surface area (Å²) < 4.78 is 0. The third kappa shape index (κ3) is 2.73. The van der Waals surface area contributed by atoms with Crippen LogP contribution < -0.4 is 5.32 Å². The second-order valence-corrected chi connectivity index (χ2v) is 5.09. The van der Waals surface area contributed by atoms with Gasteiger partial charge in [0, 0.05) is 6.04 Å². The van der Waals surface area contributed by atoms with E-state index in [9.17, 15) is 0 Å². The first kappa shape index (κ1) is 12.3. The highest BCUT2D eigenvalue weighted by Gasteiger charge is 2.25. The Morgan fingerprint density at radius 1 is 1.35 bits per heavy atom. The Bertz CT molecular complexity index is 436. The molecule has 17 heavy (non-hydrogen) atoms. The SMILES string of the molecule is Cc1cccc(NC2CCCCC2C#N)c1Cl. The van der Waals surface area contributed by atoms with Crippen molar-refractivity contribution in [3.63, 3.8) is 0 Å². The van der Waals surface area contributed by atoms with Crippen molar-refractivity contribution in [2.75, 3.05) is 5.32 Å². The number of aryl methyl sites for hydroxylation is 1. The predicted molar refractivity (Wildman–Crippen MR) is 71.2 cm³/mol. The van der Waals surface area contributed by atoms with E-state index in [1.807, 2.05) is 25.1 Å². The van der Waals surface area contributed by atoms with Crippen LogP contribution in [0.5, 0.6) is 0 Å². The molecule has 1 aromatic rings. The Kier molecular flexibility index (Phi) is 3.91. The number of halogens is 1. The predicted octanol–water partition coefficient (Wildman–Crippen LogP) is 4.14. The highest BCUT2D eigenvalue weighted by Crippen LogP contribution is 2.31. The third-order valence-corrected chi connectivity index (χ3v) is 3.97. The van der Waals surface area contributed by atoms with E-state index in [2.05, 4.69) is 11.4 Å². The molecule has 0 saturated heterocycles. The van der Waals surface area contributed by atoms with Gasteiger partial charge in [0.05, 0.1) is 22.7 Å². The molecule has 1 N–H and O–H groups in total. The van der Waals surface area contributed by atoms with Crippen LogP contribution in [0.25, 0.3) is 0 Å². The summed E-state index contributed by atoms with van der Waals surface area (Å²) in [7, 11) is 0. The van der Waals surface area contributed by atoms with Gasteiger partial charge in [-0.2, -0.15) is 5.26 Å². The zero-order valence-electron chi connectivity index (χ0n) is 10.0. The molecule has 1 aliphatic carbocycles. The standard InChI is InChI=1S/C14H17ClN2/c1-10-5-4-8-13(14(10)15)17-12-7-3-2-6-11(12)9-16/h4-5,8,11-12,17H,2-3,6-7H2,1H3. The summed E-state index contributed by atoms with van der Waals surface area (Å²) >= 11 is 6.26. The number of nitrogens with one attached hydrogen (secondary N) is 1. The van der Waals surface area contributed by atoms with E-state index < -0.39 is 0 Å². The van der Waals surface area contributed by atoms with E-state index in [4.69, 9.17) is 16.9 Å². The van der Waals surface area contributed by atoms with E-state index in [1.54, 1.807) is 0 Å². The molecule has 2 nitrogen and oxygen atoms in total. The van der Waals surface area contributed by atoms with Crippen molar-refractivity contribution in [2.45, 2.75) is 38.6 Å². The van der Waals surface area contributed by atoms with Crippen molar-refractivity contribution >= 4 is 17.3 Å². The maximum absolute atomic E-state index is 9.14. The Hall–Kier alpha value is -1.20. The zero-order chi connectivity index (χ0) is 12.3. The second-order valence-electron chi connectivity index (χ2n) is 4.71. The van der Waals surface area contributed by atoms with Crippen molar-refractivity contribution in [2.24, 2.45) is 5.92 Å². The van der Waals surface area contributed by atoms with Gasteiger partial charge in [-0.15, -0.1) is 0 Å². The lowest BCUT2D eigenvalue weighted by atomic mass is 9.85. The summed E-state index contributed by atoms with van der Waals surface area (Å²) in [6, 6.07) is 8.62. The molecule has 0 bridgehead atoms. The molecule has 3 heteroatoms. The molecule has 1 saturated carbocycles. The molecule has 1 fully saturated rings. The van der Waals surface area contributed by atoms with E-state index in [0.717, 1.165) is 35.5 Å². The summed E-state index contributed by atoms with van der Waals surface area (Å²) in [4.78, 5) is 0. The van der Waals surface area contributed by atoms with Gasteiger partial charge in [0.1, 0.15) is 0 Å². The lowest BCUT2D eigenvalue weighted by molar-refractivity contribution is 0.389. The minimum atomic E-state index is 0.111. The Morgan fingerprint density at radius 3 is 2.88 bits per heavy atom. The normalized spacial score (nSPS) is 24.1. The van der Waals surface area contributed by atoms with Gasteiger partial charge in [-0.05, 0) is 31.4 Å². The molecule has 1 aromatic carbocycles. The van der Waals surface area contributed by atoms with Gasteiger partial charge in [-0.3, -0.25) is 0 Å². The maximum atomic E-state index is 9.14. The highest BCUT2D eigenvalue weighted by atomic mass is 35.5. The van der Waals surface area contributed by atoms with Gasteiger partial charge in [0.15, 0.2) is 0 Å². The van der Waals surface area contributed by atoms with Crippen LogP contribution in [-0.4, -0.2) is 6.04 Å². The average molecular weight is 249 g/mol. The first-order valence-electron chi connectivity index (χ1n) is 6.13. The van der Waals surface area contributed by atoms with Crippen LogP contribution in [0.15, 0.2) is 18.2 Å². The van der Waals surface area contributed by atoms with E-state index in [-0.39, 0.29) is 12.0 Å². The number of nitrogens with zero attached hydrogens (tertiary/aromatic N) is 1. The van der Waals surface area contributed by atoms with Crippen LogP contribution in [0.4, 0.5) is 5.69 Å². The van der Waals surface area contributed by atoms with Crippen molar-refractivity contribution in [1.82, 2.24) is 0 Å². The molecule has 0 spiro atoms. The number of hydrogen-bond acceptors (Lipinski definition) is 2. The van der Waals surface area contributed by atoms with Gasteiger partial charge >= 0.3 is 0 Å². The first-order chi connectivity index (χ1) is 8.22. The number of hydrogen-bond donors (Lipinski definition) is 1. The van der Waals surface area contributed by atoms with Crippen LogP contribution >= 0.6 is 11.6 Å². The van der Waals surface area contributed by atoms with Crippen molar-refractivity contribution < 1.29 is 0 Å². The second kappa shape index (κ2) is 5.42. The topological polar surface area (TPSA) is 35.8 Å². The fourth-order valence-corrected chi connectivity index (χ4v) is 2.60. The number of anilines is 1. The number of nitriles is 1. The third-order valence-electron chi connectivity index (χ3n) is 3.46. The maximum Gasteiger partial charge on any atom is 0.0677 e. The van der Waals surface area contributed by atoms with Crippen molar-refractivity contribution in [3.05, 3.63) is 28.8 Å². The molecule has 2 unspecified atom stereocenters. The molecule has 2 atom stereocenters. The van der Waals surface area contributed by atoms with Gasteiger partial charge in [0.25, 0.3) is 0 Å². The average Bonchev–Trinajstić information content (AvgIpc) is 2.35. The van der Waals surface area contributed by atoms with E-state index in [1.165, 1.54) is 6.42 Å². The molecular formula is C14H17ClN2. The van der Waals surface area contributed by atoms with Gasteiger partial charge in [-0.25, -0.2) is 0 Å². The molecular weight excluding hydrogens is 232 g/mol. The summed E-state index contributed by atoms with van der Waals surface area (Å²) in [5, 5.41) is 13.3. The smallest absolute Gasteiger partial charge is 0.0677 e. The van der Waals surface area contributed by atoms with Crippen LogP contribution in [-0.2, 0) is 0 Å². The van der Waals surface area contributed by atoms with Crippen LogP contribution in [0.1, 0.15) is 31.2 Å². The molecule has 0 heterocycles. The van der Waals surface area contributed by atoms with Crippen LogP contribution in [0.2, 0.25) is 5.02 Å². The summed E-state index contributed by atoms with van der Waals surface area (Å²) in [5.41, 5.74) is 2.03. The summed E-state index contributed by atoms with van der Waals surface area (Å²) in [5.74, 6) is 0.111. The zero-order valence-corrected chi connectivity index (χ0v) is 10.8. The summed E-state index contributed by atoms with van der Waals surface area (Å²) in [6.07, 6.45) is 4.41. The number of benzene rings is 1. The Morgan fingerprint density at radius 2 is 2.12 bits per heavy atom. The molecule has 1 aliphatic rings. The van der Waals surface area contributed by atoms with Gasteiger partial charge in [-0.1, -0.05) is 36.6 Å². The molecule has 2 rings (SSSR count). The highest BCUT2D eigenvalue weighted by molar-refractivity contribution is 6.34. The van der Waals surface area contributed by atoms with Gasteiger partial charge < -0.3 is 5.32 Å². The van der Waals surface area contributed by atoms with Crippen molar-refractivity contribution in [3.8, 4) is 6.07 Å². The molecule has 0 radical (unpaired) electrons. The van der Waals surface area contributed by atoms with Crippen LogP contribution in [0.3, 0.4) is 0 Å². The van der Waals surface area contributed by atoms with Gasteiger partial charge in [0.2, 0.25) is 0 Å². The fraction of sp³-hybridized carbons (Fsp3) is 0.500. The molecule has 0 amide bonds. The quantitative estimate of drug-likeness (QED) is 0.854. The lowest BCUT2D eigenvalue weighted by Crippen LogP contribution is -2.31. The van der Waals surface area contributed by atoms with Crippen molar-refractivity contribution in [1.29, 1.82) is 5.26 Å². The molecule has 0 aromatic heterocycles. The largest absolute Gasteiger partial charge is 0.380 e. The van der Waals surface area contributed by atoms with E-state index >= 15 is 0 Å². The minimum absolute atomic E-state index is 0.111. The molecule has 90 valence electrons. The van der Waals surface area contributed by atoms with E-state index in [0.29, 0.717) is 0 Å². The Labute approximate surface area is 108 Å². The Balaban J connectivity index is 2.14. The first-order valence-corrected chi connectivity index (χ1v) is 6.51. The lowest BCUT2D eigenvalue weighted by Gasteiger charge is -2.29.